The Hall–Kier alpha value is -4.14. The summed E-state index contributed by atoms with van der Waals surface area (Å²) in [5, 5.41) is 5.66. The summed E-state index contributed by atoms with van der Waals surface area (Å²) in [5.74, 6) is 0.302. The van der Waals surface area contributed by atoms with E-state index >= 15 is 0 Å². The number of anilines is 1. The molecular formula is C30H25N3O3S2. The van der Waals surface area contributed by atoms with Gasteiger partial charge in [0.2, 0.25) is 0 Å². The minimum atomic E-state index is -0.529. The van der Waals surface area contributed by atoms with Crippen molar-refractivity contribution >= 4 is 52.2 Å². The topological polar surface area (TPSA) is 71.5 Å². The average Bonchev–Trinajstić information content (AvgIpc) is 3.40. The van der Waals surface area contributed by atoms with Crippen LogP contribution in [-0.2, 0) is 15.0 Å². The van der Waals surface area contributed by atoms with Crippen molar-refractivity contribution in [2.75, 3.05) is 4.90 Å². The van der Waals surface area contributed by atoms with Crippen LogP contribution in [0, 0.1) is 0 Å². The van der Waals surface area contributed by atoms with Gasteiger partial charge in [-0.1, -0.05) is 63.2 Å². The molecule has 0 atom stereocenters. The molecule has 0 radical (unpaired) electrons. The second kappa shape index (κ2) is 10.3. The number of aromatic nitrogens is 1. The predicted octanol–water partition coefficient (Wildman–Crippen LogP) is 6.73. The summed E-state index contributed by atoms with van der Waals surface area (Å²) in [6.07, 6.45) is 1.57. The lowest BCUT2D eigenvalue weighted by Crippen LogP contribution is -2.54. The van der Waals surface area contributed by atoms with Crippen molar-refractivity contribution in [1.29, 1.82) is 0 Å². The Kier molecular flexibility index (Phi) is 6.93. The number of thiocarbonyl (C=S) groups is 1. The van der Waals surface area contributed by atoms with Crippen LogP contribution in [0.25, 0.3) is 16.6 Å². The third kappa shape index (κ3) is 5.41. The number of nitrogens with zero attached hydrogens (tertiary/aromatic N) is 2. The number of carbonyl (C=O) groups excluding carboxylic acids is 2. The van der Waals surface area contributed by atoms with Gasteiger partial charge in [-0.05, 0) is 60.3 Å². The van der Waals surface area contributed by atoms with Crippen LogP contribution in [0.3, 0.4) is 0 Å². The summed E-state index contributed by atoms with van der Waals surface area (Å²) < 4.78 is 5.83. The lowest BCUT2D eigenvalue weighted by molar-refractivity contribution is -0.122. The lowest BCUT2D eigenvalue weighted by Gasteiger charge is -2.29. The normalized spacial score (nSPS) is 15.1. The molecule has 1 fully saturated rings. The summed E-state index contributed by atoms with van der Waals surface area (Å²) in [6.45, 7) is 6.40. The summed E-state index contributed by atoms with van der Waals surface area (Å²) in [4.78, 5) is 32.1. The van der Waals surface area contributed by atoms with Crippen LogP contribution in [0.5, 0.6) is 11.5 Å². The van der Waals surface area contributed by atoms with Gasteiger partial charge in [-0.25, -0.2) is 4.98 Å². The van der Waals surface area contributed by atoms with Gasteiger partial charge in [0.05, 0.1) is 11.4 Å². The largest absolute Gasteiger partial charge is 0.457 e. The maximum Gasteiger partial charge on any atom is 0.270 e. The molecule has 0 saturated carbocycles. The van der Waals surface area contributed by atoms with Gasteiger partial charge in [-0.15, -0.1) is 11.3 Å². The molecule has 1 N–H and O–H groups in total. The summed E-state index contributed by atoms with van der Waals surface area (Å²) in [7, 11) is 0. The zero-order valence-electron chi connectivity index (χ0n) is 21.1. The van der Waals surface area contributed by atoms with Gasteiger partial charge in [0.15, 0.2) is 5.11 Å². The van der Waals surface area contributed by atoms with Crippen molar-refractivity contribution in [2.45, 2.75) is 26.2 Å². The van der Waals surface area contributed by atoms with Crippen molar-refractivity contribution in [3.8, 4) is 22.1 Å². The van der Waals surface area contributed by atoms with Crippen molar-refractivity contribution in [3.05, 3.63) is 101 Å². The average molecular weight is 540 g/mol. The molecule has 0 aliphatic carbocycles. The van der Waals surface area contributed by atoms with Gasteiger partial charge >= 0.3 is 0 Å². The van der Waals surface area contributed by atoms with E-state index in [0.717, 1.165) is 21.8 Å². The molecule has 8 heteroatoms. The van der Waals surface area contributed by atoms with Crippen molar-refractivity contribution < 1.29 is 14.3 Å². The first kappa shape index (κ1) is 25.5. The van der Waals surface area contributed by atoms with Crippen molar-refractivity contribution in [2.24, 2.45) is 0 Å². The first-order valence-electron chi connectivity index (χ1n) is 12.0. The molecule has 5 rings (SSSR count). The maximum atomic E-state index is 13.4. The Morgan fingerprint density at radius 3 is 2.21 bits per heavy atom. The van der Waals surface area contributed by atoms with Gasteiger partial charge < -0.3 is 4.74 Å². The number of hydrogen-bond donors (Lipinski definition) is 1. The highest BCUT2D eigenvalue weighted by atomic mass is 32.1. The number of amides is 2. The van der Waals surface area contributed by atoms with Gasteiger partial charge in [0.25, 0.3) is 11.8 Å². The van der Waals surface area contributed by atoms with Gasteiger partial charge in [0.1, 0.15) is 22.1 Å². The molecular weight excluding hydrogens is 514 g/mol. The Morgan fingerprint density at radius 1 is 0.921 bits per heavy atom. The van der Waals surface area contributed by atoms with Gasteiger partial charge in [-0.3, -0.25) is 19.8 Å². The van der Waals surface area contributed by atoms with E-state index in [2.05, 4.69) is 31.5 Å². The number of thiazole rings is 1. The van der Waals surface area contributed by atoms with Crippen LogP contribution < -0.4 is 15.0 Å². The zero-order chi connectivity index (χ0) is 26.9. The Morgan fingerprint density at radius 2 is 1.58 bits per heavy atom. The minimum Gasteiger partial charge on any atom is -0.457 e. The molecule has 38 heavy (non-hydrogen) atoms. The molecule has 2 amide bonds. The molecule has 0 spiro atoms. The second-order valence-corrected chi connectivity index (χ2v) is 11.0. The Balaban J connectivity index is 1.36. The van der Waals surface area contributed by atoms with Crippen LogP contribution in [0.2, 0.25) is 0 Å². The van der Waals surface area contributed by atoms with Crippen molar-refractivity contribution in [3.63, 3.8) is 0 Å². The number of para-hydroxylation sites is 1. The summed E-state index contributed by atoms with van der Waals surface area (Å²) in [5.41, 5.74) is 3.26. The van der Waals surface area contributed by atoms with Gasteiger partial charge in [-0.2, -0.15) is 0 Å². The van der Waals surface area contributed by atoms with Crippen LogP contribution >= 0.6 is 23.6 Å². The van der Waals surface area contributed by atoms with E-state index in [1.54, 1.807) is 41.7 Å². The minimum absolute atomic E-state index is 0.000213. The van der Waals surface area contributed by atoms with E-state index in [1.807, 2.05) is 54.6 Å². The smallest absolute Gasteiger partial charge is 0.270 e. The third-order valence-electron chi connectivity index (χ3n) is 5.92. The van der Waals surface area contributed by atoms with E-state index in [9.17, 15) is 9.59 Å². The summed E-state index contributed by atoms with van der Waals surface area (Å²) in [6, 6.07) is 24.0. The molecule has 6 nitrogen and oxygen atoms in total. The van der Waals surface area contributed by atoms with Crippen LogP contribution in [0.1, 0.15) is 32.0 Å². The van der Waals surface area contributed by atoms with Crippen LogP contribution in [-0.4, -0.2) is 21.9 Å². The van der Waals surface area contributed by atoms with Crippen LogP contribution in [0.15, 0.2) is 89.8 Å². The number of rotatable bonds is 5. The Bertz CT molecular complexity index is 1530. The van der Waals surface area contributed by atoms with E-state index in [0.29, 0.717) is 17.2 Å². The number of carbonyl (C=O) groups is 2. The molecule has 0 bridgehead atoms. The fraction of sp³-hybridized carbons (Fsp3) is 0.133. The molecule has 1 aliphatic heterocycles. The molecule has 190 valence electrons. The first-order valence-corrected chi connectivity index (χ1v) is 13.3. The maximum absolute atomic E-state index is 13.4. The first-order chi connectivity index (χ1) is 18.2. The molecule has 4 aromatic rings. The molecule has 1 saturated heterocycles. The Labute approximate surface area is 230 Å². The summed E-state index contributed by atoms with van der Waals surface area (Å²) >= 11 is 6.92. The monoisotopic (exact) mass is 539 g/mol. The SMILES string of the molecule is CC(C)(C)c1csc(-c2ccc(C=C3C(=O)NC(=S)N(c4ccc(Oc5ccccc5)cc4)C3=O)cc2)n1. The van der Waals surface area contributed by atoms with E-state index in [4.69, 9.17) is 21.9 Å². The molecule has 2 heterocycles. The van der Waals surface area contributed by atoms with E-state index in [-0.39, 0.29) is 16.1 Å². The number of nitrogens with one attached hydrogen (secondary N) is 1. The standard InChI is InChI=1S/C30H25N3O3S2/c1-30(2,3)25-18-38-27(31-25)20-11-9-19(10-12-20)17-24-26(34)32-29(37)33(28(24)35)21-13-15-23(16-14-21)36-22-7-5-4-6-8-22/h4-18H,1-3H3,(H,32,34,37). The molecule has 0 unspecified atom stereocenters. The highest BCUT2D eigenvalue weighted by molar-refractivity contribution is 7.80. The number of hydrogen-bond acceptors (Lipinski definition) is 6. The second-order valence-electron chi connectivity index (χ2n) is 9.78. The quantitative estimate of drug-likeness (QED) is 0.173. The third-order valence-corrected chi connectivity index (χ3v) is 7.09. The van der Waals surface area contributed by atoms with E-state index < -0.39 is 11.8 Å². The fourth-order valence-corrected chi connectivity index (χ4v) is 5.15. The van der Waals surface area contributed by atoms with Gasteiger partial charge in [0, 0.05) is 16.4 Å². The van der Waals surface area contributed by atoms with E-state index in [1.165, 1.54) is 4.90 Å². The van der Waals surface area contributed by atoms with Crippen molar-refractivity contribution in [1.82, 2.24) is 10.3 Å². The predicted molar refractivity (Wildman–Crippen MR) is 155 cm³/mol. The molecule has 1 aromatic heterocycles. The highest BCUT2D eigenvalue weighted by Crippen LogP contribution is 2.31. The molecule has 3 aromatic carbocycles. The number of benzene rings is 3. The lowest BCUT2D eigenvalue weighted by atomic mass is 9.93. The highest BCUT2D eigenvalue weighted by Gasteiger charge is 2.34. The fourth-order valence-electron chi connectivity index (χ4n) is 3.82. The van der Waals surface area contributed by atoms with Crippen LogP contribution in [0.4, 0.5) is 5.69 Å². The molecule has 1 aliphatic rings. The zero-order valence-corrected chi connectivity index (χ0v) is 22.7. The number of ether oxygens (including phenoxy) is 1.